The predicted octanol–water partition coefficient (Wildman–Crippen LogP) is -0.0597. The fourth-order valence-electron chi connectivity index (χ4n) is 0. The van der Waals surface area contributed by atoms with Crippen LogP contribution in [0.5, 0.6) is 0 Å². The van der Waals surface area contributed by atoms with Crippen LogP contribution >= 0.6 is 0 Å². The molecule has 0 aromatic rings. The second-order valence-electron chi connectivity index (χ2n) is 2.17. The molecule has 0 aliphatic carbocycles. The van der Waals surface area contributed by atoms with E-state index in [0.717, 1.165) is 6.08 Å². The highest BCUT2D eigenvalue weighted by molar-refractivity contribution is 7.86. The van der Waals surface area contributed by atoms with Gasteiger partial charge in [-0.15, -0.1) is 0 Å². The number of hydrogen-bond donors (Lipinski definition) is 2. The summed E-state index contributed by atoms with van der Waals surface area (Å²) < 4.78 is 27.8. The summed E-state index contributed by atoms with van der Waals surface area (Å²) in [5.41, 5.74) is 4.53. The summed E-state index contributed by atoms with van der Waals surface area (Å²) in [7, 11) is -3.74. The zero-order valence-electron chi connectivity index (χ0n) is 7.02. The van der Waals surface area contributed by atoms with E-state index < -0.39 is 21.3 Å². The van der Waals surface area contributed by atoms with Crippen LogP contribution in [0.25, 0.3) is 0 Å². The lowest BCUT2D eigenvalue weighted by Crippen LogP contribution is -2.10. The van der Waals surface area contributed by atoms with Gasteiger partial charge in [0.2, 0.25) is 5.91 Å². The third kappa shape index (κ3) is 11.9. The Morgan fingerprint density at radius 1 is 1.58 bits per heavy atom. The van der Waals surface area contributed by atoms with E-state index in [0.29, 0.717) is 0 Å². The molecular weight excluding hydrogens is 182 g/mol. The van der Waals surface area contributed by atoms with Crippen LogP contribution in [0.15, 0.2) is 12.7 Å². The first-order valence-electron chi connectivity index (χ1n) is 3.10. The van der Waals surface area contributed by atoms with E-state index in [1.165, 1.54) is 13.8 Å². The molecule has 0 aromatic carbocycles. The molecule has 1 amide bonds. The lowest BCUT2D eigenvalue weighted by Gasteiger charge is -1.94. The Morgan fingerprint density at radius 3 is 1.75 bits per heavy atom. The zero-order valence-corrected chi connectivity index (χ0v) is 7.84. The largest absolute Gasteiger partial charge is 0.366 e. The van der Waals surface area contributed by atoms with Crippen molar-refractivity contribution in [1.82, 2.24) is 0 Å². The molecule has 0 rings (SSSR count). The van der Waals surface area contributed by atoms with E-state index in [-0.39, 0.29) is 0 Å². The molecule has 0 saturated heterocycles. The number of primary amides is 1. The molecule has 5 nitrogen and oxygen atoms in total. The van der Waals surface area contributed by atoms with Crippen molar-refractivity contribution in [3.63, 3.8) is 0 Å². The molecule has 12 heavy (non-hydrogen) atoms. The second-order valence-corrected chi connectivity index (χ2v) is 4.14. The third-order valence-electron chi connectivity index (χ3n) is 0.797. The maximum atomic E-state index is 9.89. The van der Waals surface area contributed by atoms with Gasteiger partial charge in [-0.1, -0.05) is 6.58 Å². The number of carbonyl (C=O) groups is 1. The molecule has 0 unspecified atom stereocenters. The minimum Gasteiger partial charge on any atom is -0.366 e. The van der Waals surface area contributed by atoms with E-state index in [1.54, 1.807) is 0 Å². The topological polar surface area (TPSA) is 97.5 Å². The number of rotatable bonds is 2. The van der Waals surface area contributed by atoms with Crippen molar-refractivity contribution >= 4 is 16.0 Å². The normalized spacial score (nSPS) is 10.0. The van der Waals surface area contributed by atoms with E-state index >= 15 is 0 Å². The first kappa shape index (κ1) is 13.7. The SMILES string of the molecule is C=CC(N)=O.CC(C)S(=O)(=O)O. The van der Waals surface area contributed by atoms with Crippen LogP contribution in [-0.4, -0.2) is 24.1 Å². The number of amides is 1. The summed E-state index contributed by atoms with van der Waals surface area (Å²) in [4.78, 5) is 9.47. The molecular formula is C6H13NO4S. The van der Waals surface area contributed by atoms with Crippen molar-refractivity contribution in [3.8, 4) is 0 Å². The van der Waals surface area contributed by atoms with Gasteiger partial charge in [0.05, 0.1) is 5.25 Å². The monoisotopic (exact) mass is 195 g/mol. The number of nitrogens with two attached hydrogens (primary N) is 1. The Balaban J connectivity index is 0. The molecule has 0 heterocycles. The van der Waals surface area contributed by atoms with E-state index in [1.807, 2.05) is 0 Å². The third-order valence-corrected chi connectivity index (χ3v) is 1.99. The molecule has 0 fully saturated rings. The first-order valence-corrected chi connectivity index (χ1v) is 4.60. The summed E-state index contributed by atoms with van der Waals surface area (Å²) in [6.07, 6.45) is 1.06. The molecule has 0 saturated carbocycles. The fourth-order valence-corrected chi connectivity index (χ4v) is 0. The maximum absolute atomic E-state index is 9.89. The van der Waals surface area contributed by atoms with Gasteiger partial charge in [-0.05, 0) is 19.9 Å². The molecule has 72 valence electrons. The molecule has 0 aliphatic heterocycles. The van der Waals surface area contributed by atoms with Crippen LogP contribution < -0.4 is 5.73 Å². The van der Waals surface area contributed by atoms with Gasteiger partial charge in [0.25, 0.3) is 10.1 Å². The highest BCUT2D eigenvalue weighted by atomic mass is 32.2. The van der Waals surface area contributed by atoms with E-state index in [9.17, 15) is 13.2 Å². The lowest BCUT2D eigenvalue weighted by atomic mass is 10.6. The Kier molecular flexibility index (Phi) is 6.54. The number of carbonyl (C=O) groups excluding carboxylic acids is 1. The van der Waals surface area contributed by atoms with Gasteiger partial charge in [-0.3, -0.25) is 9.35 Å². The van der Waals surface area contributed by atoms with Gasteiger partial charge in [-0.2, -0.15) is 8.42 Å². The van der Waals surface area contributed by atoms with Crippen LogP contribution in [0.3, 0.4) is 0 Å². The quantitative estimate of drug-likeness (QED) is 0.476. The predicted molar refractivity (Wildman–Crippen MR) is 46.1 cm³/mol. The molecule has 0 spiro atoms. The van der Waals surface area contributed by atoms with Crippen molar-refractivity contribution < 1.29 is 17.8 Å². The average molecular weight is 195 g/mol. The summed E-state index contributed by atoms with van der Waals surface area (Å²) in [6.45, 7) is 5.91. The zero-order chi connectivity index (χ0) is 10.4. The van der Waals surface area contributed by atoms with Gasteiger partial charge in [0.15, 0.2) is 0 Å². The minimum atomic E-state index is -3.74. The Bertz CT molecular complexity index is 242. The average Bonchev–Trinajstić information content (AvgIpc) is 1.87. The van der Waals surface area contributed by atoms with Crippen LogP contribution in [0.4, 0.5) is 0 Å². The first-order chi connectivity index (χ1) is 5.21. The van der Waals surface area contributed by atoms with E-state index in [2.05, 4.69) is 12.3 Å². The van der Waals surface area contributed by atoms with Crippen LogP contribution in [0, 0.1) is 0 Å². The van der Waals surface area contributed by atoms with Crippen molar-refractivity contribution in [2.24, 2.45) is 5.73 Å². The van der Waals surface area contributed by atoms with Crippen LogP contribution in [-0.2, 0) is 14.9 Å². The summed E-state index contributed by atoms with van der Waals surface area (Å²) in [5.74, 6) is -0.481. The molecule has 3 N–H and O–H groups in total. The van der Waals surface area contributed by atoms with Gasteiger partial charge >= 0.3 is 0 Å². The van der Waals surface area contributed by atoms with Gasteiger partial charge in [0, 0.05) is 0 Å². The standard InChI is InChI=1S/C3H5NO.C3H8O3S/c1-2-3(4)5;1-3(2)7(4,5)6/h2H,1H2,(H2,4,5);3H,1-2H3,(H,4,5,6). The van der Waals surface area contributed by atoms with E-state index in [4.69, 9.17) is 4.55 Å². The van der Waals surface area contributed by atoms with Crippen molar-refractivity contribution in [3.05, 3.63) is 12.7 Å². The fraction of sp³-hybridized carbons (Fsp3) is 0.500. The molecule has 6 heteroatoms. The highest BCUT2D eigenvalue weighted by Crippen LogP contribution is 1.91. The Morgan fingerprint density at radius 2 is 1.75 bits per heavy atom. The van der Waals surface area contributed by atoms with Crippen molar-refractivity contribution in [2.75, 3.05) is 0 Å². The van der Waals surface area contributed by atoms with Crippen molar-refractivity contribution in [1.29, 1.82) is 0 Å². The smallest absolute Gasteiger partial charge is 0.267 e. The summed E-state index contributed by atoms with van der Waals surface area (Å²) in [6, 6.07) is 0. The molecule has 0 aliphatic rings. The van der Waals surface area contributed by atoms with Crippen molar-refractivity contribution in [2.45, 2.75) is 19.1 Å². The molecule has 0 radical (unpaired) electrons. The lowest BCUT2D eigenvalue weighted by molar-refractivity contribution is -0.113. The van der Waals surface area contributed by atoms with Crippen LogP contribution in [0.2, 0.25) is 0 Å². The Hall–Kier alpha value is -0.880. The second kappa shape index (κ2) is 5.73. The summed E-state index contributed by atoms with van der Waals surface area (Å²) in [5, 5.41) is -0.674. The molecule has 0 atom stereocenters. The Labute approximate surface area is 72.0 Å². The minimum absolute atomic E-state index is 0.481. The maximum Gasteiger partial charge on any atom is 0.267 e. The molecule has 0 aromatic heterocycles. The molecule has 0 bridgehead atoms. The van der Waals surface area contributed by atoms with Crippen LogP contribution in [0.1, 0.15) is 13.8 Å². The van der Waals surface area contributed by atoms with Gasteiger partial charge < -0.3 is 5.73 Å². The van der Waals surface area contributed by atoms with Gasteiger partial charge in [0.1, 0.15) is 0 Å². The highest BCUT2D eigenvalue weighted by Gasteiger charge is 2.08. The number of hydrogen-bond acceptors (Lipinski definition) is 3. The van der Waals surface area contributed by atoms with Gasteiger partial charge in [-0.25, -0.2) is 0 Å². The summed E-state index contributed by atoms with van der Waals surface area (Å²) >= 11 is 0.